The third-order valence-electron chi connectivity index (χ3n) is 3.55. The summed E-state index contributed by atoms with van der Waals surface area (Å²) in [4.78, 5) is 22.2. The van der Waals surface area contributed by atoms with Gasteiger partial charge in [-0.3, -0.25) is 10.1 Å². The molecule has 24 heavy (non-hydrogen) atoms. The number of hydrogen-bond acceptors (Lipinski definition) is 5. The Bertz CT molecular complexity index is 815. The summed E-state index contributed by atoms with van der Waals surface area (Å²) in [7, 11) is 1.28. The second-order valence-electron chi connectivity index (χ2n) is 5.01. The van der Waals surface area contributed by atoms with Crippen molar-refractivity contribution in [3.05, 3.63) is 40.1 Å². The van der Waals surface area contributed by atoms with Crippen LogP contribution in [-0.2, 0) is 22.2 Å². The molecule has 0 saturated carbocycles. The molecule has 1 unspecified atom stereocenters. The molecule has 0 aliphatic rings. The van der Waals surface area contributed by atoms with Crippen molar-refractivity contribution in [3.8, 4) is 0 Å². The van der Waals surface area contributed by atoms with Crippen LogP contribution in [0.25, 0.3) is 10.9 Å². The summed E-state index contributed by atoms with van der Waals surface area (Å²) in [6.45, 7) is 0.921. The molecule has 2 rings (SSSR count). The first-order valence-electron chi connectivity index (χ1n) is 6.75. The number of nitrogens with zero attached hydrogens (tertiary/aromatic N) is 2. The lowest BCUT2D eigenvalue weighted by Crippen LogP contribution is -2.50. The van der Waals surface area contributed by atoms with Crippen molar-refractivity contribution >= 4 is 22.6 Å². The van der Waals surface area contributed by atoms with Gasteiger partial charge >= 0.3 is 12.1 Å². The van der Waals surface area contributed by atoms with E-state index in [1.165, 1.54) is 20.0 Å². The number of alkyl halides is 3. The van der Waals surface area contributed by atoms with Crippen molar-refractivity contribution in [1.82, 2.24) is 4.57 Å². The number of aromatic nitrogens is 1. The van der Waals surface area contributed by atoms with Crippen LogP contribution in [0, 0.1) is 10.1 Å². The van der Waals surface area contributed by atoms with E-state index in [9.17, 15) is 33.2 Å². The van der Waals surface area contributed by atoms with Crippen molar-refractivity contribution < 1.29 is 32.7 Å². The van der Waals surface area contributed by atoms with Crippen molar-refractivity contribution in [2.75, 3.05) is 6.61 Å². The van der Waals surface area contributed by atoms with E-state index >= 15 is 0 Å². The van der Waals surface area contributed by atoms with Gasteiger partial charge in [0.15, 0.2) is 0 Å². The van der Waals surface area contributed by atoms with Gasteiger partial charge in [-0.25, -0.2) is 4.79 Å². The maximum Gasteiger partial charge on any atom is 0.432 e. The van der Waals surface area contributed by atoms with Crippen molar-refractivity contribution in [2.45, 2.75) is 18.7 Å². The Morgan fingerprint density at radius 3 is 2.54 bits per heavy atom. The number of ether oxygens (including phenoxy) is 1. The second kappa shape index (κ2) is 5.78. The van der Waals surface area contributed by atoms with Crippen LogP contribution in [0.4, 0.5) is 18.9 Å². The number of benzene rings is 1. The van der Waals surface area contributed by atoms with Gasteiger partial charge < -0.3 is 14.4 Å². The number of aryl methyl sites for hydroxylation is 1. The van der Waals surface area contributed by atoms with Gasteiger partial charge in [-0.05, 0) is 6.92 Å². The molecule has 0 aliphatic heterocycles. The lowest BCUT2D eigenvalue weighted by atomic mass is 9.92. The zero-order valence-electron chi connectivity index (χ0n) is 12.6. The third-order valence-corrected chi connectivity index (χ3v) is 3.55. The fraction of sp³-hybridized carbons (Fsp3) is 0.357. The monoisotopic (exact) mass is 346 g/mol. The van der Waals surface area contributed by atoms with E-state index in [4.69, 9.17) is 0 Å². The molecule has 1 aromatic heterocycles. The van der Waals surface area contributed by atoms with Crippen LogP contribution in [-0.4, -0.2) is 33.3 Å². The van der Waals surface area contributed by atoms with E-state index in [1.807, 2.05) is 0 Å². The van der Waals surface area contributed by atoms with Crippen LogP contribution < -0.4 is 0 Å². The average molecular weight is 346 g/mol. The Balaban J connectivity index is 2.85. The fourth-order valence-corrected chi connectivity index (χ4v) is 2.50. The summed E-state index contributed by atoms with van der Waals surface area (Å²) in [5.41, 5.74) is -5.36. The number of fused-ring (bicyclic) bond motifs is 1. The molecule has 0 amide bonds. The number of nitro groups is 1. The summed E-state index contributed by atoms with van der Waals surface area (Å²) in [6.07, 6.45) is -4.54. The molecule has 1 N–H and O–H groups in total. The molecule has 0 spiro atoms. The molecule has 1 aromatic carbocycles. The van der Waals surface area contributed by atoms with Crippen LogP contribution in [0.2, 0.25) is 0 Å². The number of para-hydroxylation sites is 1. The molecular weight excluding hydrogens is 333 g/mol. The Kier molecular flexibility index (Phi) is 4.27. The SMILES string of the molecule is CCOC(=O)C(O)(c1cn(C)c2c([N+](=O)[O-])cccc12)C(F)(F)F. The summed E-state index contributed by atoms with van der Waals surface area (Å²) < 4.78 is 45.8. The zero-order valence-corrected chi connectivity index (χ0v) is 12.6. The first-order valence-corrected chi connectivity index (χ1v) is 6.75. The van der Waals surface area contributed by atoms with Gasteiger partial charge in [-0.15, -0.1) is 0 Å². The molecule has 7 nitrogen and oxygen atoms in total. The largest absolute Gasteiger partial charge is 0.463 e. The molecule has 0 radical (unpaired) electrons. The number of esters is 1. The number of hydrogen-bond donors (Lipinski definition) is 1. The Hall–Kier alpha value is -2.62. The minimum absolute atomic E-state index is 0.149. The maximum absolute atomic E-state index is 13.5. The van der Waals surface area contributed by atoms with E-state index < -0.39 is 33.9 Å². The highest BCUT2D eigenvalue weighted by molar-refractivity contribution is 5.96. The summed E-state index contributed by atoms with van der Waals surface area (Å²) in [5.74, 6) is -1.89. The van der Waals surface area contributed by atoms with Gasteiger partial charge in [0, 0.05) is 30.3 Å². The minimum Gasteiger partial charge on any atom is -0.463 e. The molecule has 1 atom stereocenters. The first kappa shape index (κ1) is 17.7. The molecule has 2 aromatic rings. The topological polar surface area (TPSA) is 94.6 Å². The van der Waals surface area contributed by atoms with Gasteiger partial charge in [0.1, 0.15) is 5.52 Å². The van der Waals surface area contributed by atoms with Crippen LogP contribution >= 0.6 is 0 Å². The standard InChI is InChI=1S/C14H13F3N2O5/c1-3-24-12(20)13(21,14(15,16)17)9-7-18(2)11-8(9)5-4-6-10(11)19(22)23/h4-7,21H,3H2,1-2H3. The molecule has 130 valence electrons. The maximum atomic E-state index is 13.5. The van der Waals surface area contributed by atoms with Gasteiger partial charge in [0.25, 0.3) is 11.3 Å². The number of nitro benzene ring substituents is 1. The van der Waals surface area contributed by atoms with E-state index in [1.54, 1.807) is 0 Å². The number of rotatable bonds is 4. The zero-order chi connectivity index (χ0) is 18.3. The molecule has 10 heteroatoms. The summed E-state index contributed by atoms with van der Waals surface area (Å²) >= 11 is 0. The van der Waals surface area contributed by atoms with E-state index in [0.29, 0.717) is 0 Å². The van der Waals surface area contributed by atoms with Gasteiger partial charge in [-0.2, -0.15) is 13.2 Å². The number of halogens is 3. The first-order chi connectivity index (χ1) is 11.1. The molecule has 1 heterocycles. The third kappa shape index (κ3) is 2.48. The molecule has 0 fully saturated rings. The predicted molar refractivity (Wildman–Crippen MR) is 76.2 cm³/mol. The Morgan fingerprint density at radius 1 is 1.42 bits per heavy atom. The average Bonchev–Trinajstić information content (AvgIpc) is 2.83. The quantitative estimate of drug-likeness (QED) is 0.521. The van der Waals surface area contributed by atoms with Crippen molar-refractivity contribution in [1.29, 1.82) is 0 Å². The summed E-state index contributed by atoms with van der Waals surface area (Å²) in [6, 6.07) is 3.45. The molecule has 0 bridgehead atoms. The van der Waals surface area contributed by atoms with Crippen LogP contribution in [0.1, 0.15) is 12.5 Å². The van der Waals surface area contributed by atoms with Gasteiger partial charge in [0.05, 0.1) is 11.5 Å². The van der Waals surface area contributed by atoms with Gasteiger partial charge in [-0.1, -0.05) is 12.1 Å². The highest BCUT2D eigenvalue weighted by Crippen LogP contribution is 2.44. The predicted octanol–water partition coefficient (Wildman–Crippen LogP) is 2.40. The van der Waals surface area contributed by atoms with Crippen molar-refractivity contribution in [3.63, 3.8) is 0 Å². The number of carbonyl (C=O) groups is 1. The highest BCUT2D eigenvalue weighted by atomic mass is 19.4. The van der Waals surface area contributed by atoms with E-state index in [0.717, 1.165) is 22.9 Å². The van der Waals surface area contributed by atoms with E-state index in [-0.39, 0.29) is 17.5 Å². The second-order valence-corrected chi connectivity index (χ2v) is 5.01. The fourth-order valence-electron chi connectivity index (χ4n) is 2.50. The number of carbonyl (C=O) groups excluding carboxylic acids is 1. The lowest BCUT2D eigenvalue weighted by Gasteiger charge is -2.27. The van der Waals surface area contributed by atoms with Gasteiger partial charge in [0.2, 0.25) is 0 Å². The normalized spacial score (nSPS) is 14.4. The number of aliphatic hydroxyl groups is 1. The molecule has 0 aliphatic carbocycles. The molecule has 0 saturated heterocycles. The summed E-state index contributed by atoms with van der Waals surface area (Å²) in [5, 5.41) is 21.0. The van der Waals surface area contributed by atoms with Crippen LogP contribution in [0.5, 0.6) is 0 Å². The molecular formula is C14H13F3N2O5. The van der Waals surface area contributed by atoms with Crippen LogP contribution in [0.3, 0.4) is 0 Å². The Morgan fingerprint density at radius 2 is 2.04 bits per heavy atom. The lowest BCUT2D eigenvalue weighted by molar-refractivity contribution is -0.383. The smallest absolute Gasteiger partial charge is 0.432 e. The van der Waals surface area contributed by atoms with E-state index in [2.05, 4.69) is 4.74 Å². The van der Waals surface area contributed by atoms with Crippen LogP contribution in [0.15, 0.2) is 24.4 Å². The van der Waals surface area contributed by atoms with Crippen molar-refractivity contribution in [2.24, 2.45) is 7.05 Å². The number of non-ortho nitro benzene ring substituents is 1. The Labute approximate surface area is 133 Å². The minimum atomic E-state index is -5.38. The highest BCUT2D eigenvalue weighted by Gasteiger charge is 2.63.